The van der Waals surface area contributed by atoms with Gasteiger partial charge in [0.25, 0.3) is 0 Å². The summed E-state index contributed by atoms with van der Waals surface area (Å²) in [7, 11) is 3.60. The largest absolute Gasteiger partial charge is 0.496 e. The van der Waals surface area contributed by atoms with Gasteiger partial charge in [0, 0.05) is 30.5 Å². The first-order valence-corrected chi connectivity index (χ1v) is 13.0. The number of carboxylic acid groups (broad SMARTS) is 1. The number of hydrogen-bond acceptors (Lipinski definition) is 6. The van der Waals surface area contributed by atoms with E-state index in [1.807, 2.05) is 30.1 Å². The van der Waals surface area contributed by atoms with Gasteiger partial charge in [-0.2, -0.15) is 0 Å². The second kappa shape index (κ2) is 10.5. The Bertz CT molecular complexity index is 1050. The highest BCUT2D eigenvalue weighted by Crippen LogP contribution is 2.48. The van der Waals surface area contributed by atoms with Crippen LogP contribution in [0.1, 0.15) is 72.9 Å². The highest BCUT2D eigenvalue weighted by atomic mass is 16.5. The maximum atomic E-state index is 12.4. The molecule has 5 rings (SSSR count). The maximum absolute atomic E-state index is 12.4. The molecule has 1 aromatic heterocycles. The van der Waals surface area contributed by atoms with Gasteiger partial charge >= 0.3 is 5.97 Å². The van der Waals surface area contributed by atoms with Crippen LogP contribution in [0.25, 0.3) is 0 Å². The molecule has 0 bridgehead atoms. The molecule has 35 heavy (non-hydrogen) atoms. The molecule has 2 fully saturated rings. The van der Waals surface area contributed by atoms with E-state index in [9.17, 15) is 9.90 Å². The Morgan fingerprint density at radius 2 is 2.09 bits per heavy atom. The SMILES string of the molecule is COc1cccc([C@H](C(=O)O)N(C)C2CC(OCCCc3ccc4c(n3)NCCC4)C2)c1C1CC1. The van der Waals surface area contributed by atoms with Crippen LogP contribution < -0.4 is 10.1 Å². The molecule has 2 saturated carbocycles. The van der Waals surface area contributed by atoms with Crippen molar-refractivity contribution in [2.24, 2.45) is 0 Å². The molecule has 1 atom stereocenters. The van der Waals surface area contributed by atoms with Crippen molar-refractivity contribution in [3.05, 3.63) is 52.7 Å². The zero-order valence-electron chi connectivity index (χ0n) is 20.8. The number of rotatable bonds is 11. The van der Waals surface area contributed by atoms with E-state index in [1.54, 1.807) is 7.11 Å². The van der Waals surface area contributed by atoms with Gasteiger partial charge in [0.15, 0.2) is 0 Å². The lowest BCUT2D eigenvalue weighted by Gasteiger charge is -2.43. The van der Waals surface area contributed by atoms with Crippen molar-refractivity contribution in [1.29, 1.82) is 0 Å². The third-order valence-electron chi connectivity index (χ3n) is 7.77. The number of likely N-dealkylation sites (N-methyl/N-ethyl adjacent to an activating group) is 1. The second-order valence-electron chi connectivity index (χ2n) is 10.2. The average Bonchev–Trinajstić information content (AvgIpc) is 3.67. The van der Waals surface area contributed by atoms with Crippen molar-refractivity contribution >= 4 is 11.8 Å². The van der Waals surface area contributed by atoms with Crippen LogP contribution in [-0.4, -0.2) is 60.4 Å². The summed E-state index contributed by atoms with van der Waals surface area (Å²) in [5.74, 6) is 1.46. The first-order chi connectivity index (χ1) is 17.0. The van der Waals surface area contributed by atoms with E-state index in [4.69, 9.17) is 14.5 Å². The van der Waals surface area contributed by atoms with E-state index in [2.05, 4.69) is 17.4 Å². The molecule has 0 amide bonds. The van der Waals surface area contributed by atoms with Gasteiger partial charge in [-0.05, 0) is 87.6 Å². The summed E-state index contributed by atoms with van der Waals surface area (Å²) in [6.07, 6.45) is 8.25. The summed E-state index contributed by atoms with van der Waals surface area (Å²) in [5.41, 5.74) is 4.38. The molecule has 0 unspecified atom stereocenters. The normalized spacial score (nSPS) is 22.1. The number of anilines is 1. The maximum Gasteiger partial charge on any atom is 0.325 e. The lowest BCUT2D eigenvalue weighted by molar-refractivity contribution is -0.146. The Balaban J connectivity index is 1.12. The Labute approximate surface area is 207 Å². The molecule has 7 heteroatoms. The highest BCUT2D eigenvalue weighted by Gasteiger charge is 2.41. The number of methoxy groups -OCH3 is 1. The Morgan fingerprint density at radius 1 is 1.26 bits per heavy atom. The third-order valence-corrected chi connectivity index (χ3v) is 7.77. The summed E-state index contributed by atoms with van der Waals surface area (Å²) in [6, 6.07) is 9.68. The molecule has 2 N–H and O–H groups in total. The number of aromatic nitrogens is 1. The first kappa shape index (κ1) is 24.1. The zero-order chi connectivity index (χ0) is 24.4. The van der Waals surface area contributed by atoms with Gasteiger partial charge in [-0.15, -0.1) is 0 Å². The fourth-order valence-corrected chi connectivity index (χ4v) is 5.54. The van der Waals surface area contributed by atoms with E-state index >= 15 is 0 Å². The third kappa shape index (κ3) is 5.31. The smallest absolute Gasteiger partial charge is 0.325 e. The van der Waals surface area contributed by atoms with Gasteiger partial charge in [0.1, 0.15) is 17.6 Å². The van der Waals surface area contributed by atoms with Crippen molar-refractivity contribution in [2.75, 3.05) is 32.6 Å². The van der Waals surface area contributed by atoms with Crippen LogP contribution in [0.3, 0.4) is 0 Å². The number of carboxylic acids is 1. The lowest BCUT2D eigenvalue weighted by atomic mass is 9.85. The van der Waals surface area contributed by atoms with Crippen molar-refractivity contribution in [1.82, 2.24) is 9.88 Å². The molecule has 7 nitrogen and oxygen atoms in total. The number of aliphatic carboxylic acids is 1. The van der Waals surface area contributed by atoms with Crippen molar-refractivity contribution in [3.63, 3.8) is 0 Å². The molecule has 1 aliphatic heterocycles. The summed E-state index contributed by atoms with van der Waals surface area (Å²) in [6.45, 7) is 1.71. The van der Waals surface area contributed by atoms with Gasteiger partial charge < -0.3 is 19.9 Å². The number of aryl methyl sites for hydroxylation is 2. The number of benzene rings is 1. The topological polar surface area (TPSA) is 83.9 Å². The summed E-state index contributed by atoms with van der Waals surface area (Å²) in [4.78, 5) is 19.2. The lowest BCUT2D eigenvalue weighted by Crippen LogP contribution is -2.49. The first-order valence-electron chi connectivity index (χ1n) is 13.0. The van der Waals surface area contributed by atoms with E-state index in [1.165, 1.54) is 12.0 Å². The molecule has 2 aliphatic carbocycles. The number of carbonyl (C=O) groups is 1. The van der Waals surface area contributed by atoms with Crippen LogP contribution in [0.4, 0.5) is 5.82 Å². The number of pyridine rings is 1. The Hall–Kier alpha value is -2.64. The molecule has 2 heterocycles. The fraction of sp³-hybridized carbons (Fsp3) is 0.571. The molecule has 1 aromatic carbocycles. The number of hydrogen-bond donors (Lipinski definition) is 2. The molecule has 0 spiro atoms. The van der Waals surface area contributed by atoms with Gasteiger partial charge in [-0.25, -0.2) is 4.98 Å². The highest BCUT2D eigenvalue weighted by molar-refractivity contribution is 5.77. The number of ether oxygens (including phenoxy) is 2. The van der Waals surface area contributed by atoms with Crippen LogP contribution in [0.15, 0.2) is 30.3 Å². The Kier molecular flexibility index (Phi) is 7.25. The predicted molar refractivity (Wildman–Crippen MR) is 135 cm³/mol. The predicted octanol–water partition coefficient (Wildman–Crippen LogP) is 4.56. The van der Waals surface area contributed by atoms with E-state index in [-0.39, 0.29) is 12.1 Å². The molecular weight excluding hydrogens is 442 g/mol. The number of fused-ring (bicyclic) bond motifs is 1. The quantitative estimate of drug-likeness (QED) is 0.457. The Morgan fingerprint density at radius 3 is 2.83 bits per heavy atom. The van der Waals surface area contributed by atoms with Crippen LogP contribution in [0.2, 0.25) is 0 Å². The van der Waals surface area contributed by atoms with Crippen molar-refractivity contribution < 1.29 is 19.4 Å². The van der Waals surface area contributed by atoms with Crippen LogP contribution in [0, 0.1) is 0 Å². The molecule has 0 radical (unpaired) electrons. The second-order valence-corrected chi connectivity index (χ2v) is 10.2. The van der Waals surface area contributed by atoms with Crippen molar-refractivity contribution in [2.45, 2.75) is 75.5 Å². The van der Waals surface area contributed by atoms with Crippen LogP contribution in [-0.2, 0) is 22.4 Å². The van der Waals surface area contributed by atoms with Gasteiger partial charge in [0.2, 0.25) is 0 Å². The monoisotopic (exact) mass is 479 g/mol. The fourth-order valence-electron chi connectivity index (χ4n) is 5.54. The minimum atomic E-state index is -0.806. The average molecular weight is 480 g/mol. The van der Waals surface area contributed by atoms with Gasteiger partial charge in [-0.3, -0.25) is 9.69 Å². The summed E-state index contributed by atoms with van der Waals surface area (Å²) < 4.78 is 11.7. The molecule has 2 aromatic rings. The minimum Gasteiger partial charge on any atom is -0.496 e. The van der Waals surface area contributed by atoms with Crippen LogP contribution >= 0.6 is 0 Å². The van der Waals surface area contributed by atoms with Crippen molar-refractivity contribution in [3.8, 4) is 5.75 Å². The molecule has 3 aliphatic rings. The van der Waals surface area contributed by atoms with E-state index < -0.39 is 12.0 Å². The van der Waals surface area contributed by atoms with Gasteiger partial charge in [-0.1, -0.05) is 18.2 Å². The zero-order valence-corrected chi connectivity index (χ0v) is 20.8. The minimum absolute atomic E-state index is 0.197. The number of nitrogens with one attached hydrogen (secondary N) is 1. The molecule has 188 valence electrons. The molecular formula is C28H37N3O4. The van der Waals surface area contributed by atoms with Crippen LogP contribution in [0.5, 0.6) is 5.75 Å². The summed E-state index contributed by atoms with van der Waals surface area (Å²) in [5, 5.41) is 13.6. The van der Waals surface area contributed by atoms with Gasteiger partial charge in [0.05, 0.1) is 13.2 Å². The van der Waals surface area contributed by atoms with E-state index in [0.717, 1.165) is 79.9 Å². The summed E-state index contributed by atoms with van der Waals surface area (Å²) >= 11 is 0. The standard InChI is InChI=1S/C28H37N3O4/c1-31(26(28(32)33)23-8-3-9-24(34-2)25(23)18-10-11-18)21-16-22(17-21)35-15-5-7-20-13-12-19-6-4-14-29-27(19)30-20/h3,8-9,12-13,18,21-22,26H,4-7,10-11,14-17H2,1-2H3,(H,29,30)(H,32,33)/t21?,22?,26-/m1/s1. The number of nitrogens with zero attached hydrogens (tertiary/aromatic N) is 2. The molecule has 0 saturated heterocycles. The van der Waals surface area contributed by atoms with E-state index in [0.29, 0.717) is 12.5 Å².